The molecule has 0 heterocycles. The van der Waals surface area contributed by atoms with Crippen LogP contribution in [0.25, 0.3) is 0 Å². The van der Waals surface area contributed by atoms with Crippen LogP contribution in [-0.2, 0) is 0 Å². The Morgan fingerprint density at radius 1 is 0.365 bits per heavy atom. The van der Waals surface area contributed by atoms with E-state index in [2.05, 4.69) is 52.3 Å². The number of hydrogen-bond donors (Lipinski definition) is 0. The maximum Gasteiger partial charge on any atom is 0.0963 e. The zero-order chi connectivity index (χ0) is 42.7. The third kappa shape index (κ3) is 6.81. The lowest BCUT2D eigenvalue weighted by Crippen LogP contribution is -2.60. The monoisotopic (exact) mass is 873 g/mol. The molecule has 22 unspecified atom stereocenters. The van der Waals surface area contributed by atoms with Gasteiger partial charge >= 0.3 is 0 Å². The highest BCUT2D eigenvalue weighted by Gasteiger charge is 2.72. The molecule has 0 N–H and O–H groups in total. The van der Waals surface area contributed by atoms with Crippen LogP contribution in [0, 0.1) is 112 Å². The quantitative estimate of drug-likeness (QED) is 0.184. The molecule has 22 atom stereocenters. The van der Waals surface area contributed by atoms with Crippen LogP contribution < -0.4 is 0 Å². The van der Waals surface area contributed by atoms with Gasteiger partial charge in [0, 0.05) is 0 Å². The molecular weight excluding hydrogens is 773 g/mol. The molecular formula is C62H100Si. The molecule has 0 spiro atoms. The zero-order valence-corrected chi connectivity index (χ0v) is 43.4. The number of rotatable bonds is 6. The molecule has 10 saturated carbocycles. The van der Waals surface area contributed by atoms with Crippen LogP contribution in [0.2, 0.25) is 16.6 Å². The van der Waals surface area contributed by atoms with E-state index in [0.717, 1.165) is 129 Å². The van der Waals surface area contributed by atoms with Crippen molar-refractivity contribution < 1.29 is 0 Å². The summed E-state index contributed by atoms with van der Waals surface area (Å²) >= 11 is 0. The first kappa shape index (κ1) is 43.9. The number of fused-ring (bicyclic) bond motifs is 7. The minimum Gasteiger partial charge on any atom is -0.0773 e. The van der Waals surface area contributed by atoms with E-state index in [9.17, 15) is 0 Å². The standard InChI is InChI=1S/C62H100Si/c1-37-35-57-51(47-29-15-21-43-19-7-9-23-45(43)47)31-17-33-55(57)59(37)63(61-41(5)39(3)40(4)42(61)6,62-53-27-13-11-25-49(53)50-26-12-14-28-54(50)62)60-38(2)36-58-52(32-18-34-56(58)60)48-30-16-22-44-20-8-10-24-46(44)48/h37,39,41,43-59,61-62H,7-36H2,1-6H3. The van der Waals surface area contributed by atoms with E-state index < -0.39 is 8.07 Å². The van der Waals surface area contributed by atoms with Gasteiger partial charge in [-0.25, -0.2) is 0 Å². The predicted molar refractivity (Wildman–Crippen MR) is 270 cm³/mol. The number of allylic oxidation sites excluding steroid dienone is 4. The van der Waals surface area contributed by atoms with Crippen molar-refractivity contribution in [3.63, 3.8) is 0 Å². The average Bonchev–Trinajstić information content (AvgIpc) is 4.02. The molecule has 0 nitrogen and oxygen atoms in total. The minimum absolute atomic E-state index is 0.785. The van der Waals surface area contributed by atoms with Crippen LogP contribution in [-0.4, -0.2) is 8.07 Å². The van der Waals surface area contributed by atoms with E-state index in [1.807, 2.05) is 11.1 Å². The van der Waals surface area contributed by atoms with Gasteiger partial charge in [-0.2, -0.15) is 0 Å². The van der Waals surface area contributed by atoms with Gasteiger partial charge < -0.3 is 0 Å². The SMILES string of the molecule is CC1=C([Si](C2C(C)=C(C)C(C)C2C)(C2C(C)CC3C(C4CCCC5CCCCC54)CCCC32)C2C3CCCCC3C3CCCCC32)C2CCCC(C3CCCC4CCCCC43)C2C1. The molecule has 0 aromatic carbocycles. The number of hydrogen-bond acceptors (Lipinski definition) is 0. The summed E-state index contributed by atoms with van der Waals surface area (Å²) in [5, 5.41) is 2.43. The maximum atomic E-state index is 3.00. The van der Waals surface area contributed by atoms with Crippen LogP contribution >= 0.6 is 0 Å². The van der Waals surface area contributed by atoms with Crippen molar-refractivity contribution in [2.75, 3.05) is 0 Å². The molecule has 0 radical (unpaired) electrons. The first-order valence-electron chi connectivity index (χ1n) is 30.2. The second-order valence-electron chi connectivity index (χ2n) is 27.7. The summed E-state index contributed by atoms with van der Waals surface area (Å²) in [7, 11) is -2.24. The third-order valence-corrected chi connectivity index (χ3v) is 33.9. The minimum atomic E-state index is -2.24. The Balaban J connectivity index is 1.03. The Bertz CT molecular complexity index is 1690. The molecule has 0 amide bonds. The topological polar surface area (TPSA) is 0 Å². The normalized spacial score (nSPS) is 53.2. The summed E-state index contributed by atoms with van der Waals surface area (Å²) in [6, 6.07) is 0. The third-order valence-electron chi connectivity index (χ3n) is 26.1. The fourth-order valence-electron chi connectivity index (χ4n) is 24.5. The Kier molecular flexibility index (Phi) is 12.3. The molecule has 0 aliphatic heterocycles. The molecule has 10 fully saturated rings. The van der Waals surface area contributed by atoms with Crippen LogP contribution in [0.15, 0.2) is 21.9 Å². The summed E-state index contributed by atoms with van der Waals surface area (Å²) in [5.41, 5.74) is 9.08. The lowest BCUT2D eigenvalue weighted by Gasteiger charge is -2.60. The molecule has 1 heteroatoms. The highest BCUT2D eigenvalue weighted by molar-refractivity contribution is 6.91. The largest absolute Gasteiger partial charge is 0.0963 e. The molecule has 0 bridgehead atoms. The Morgan fingerprint density at radius 2 is 0.762 bits per heavy atom. The molecule has 12 aliphatic rings. The lowest BCUT2D eigenvalue weighted by atomic mass is 9.57. The van der Waals surface area contributed by atoms with E-state index in [1.165, 1.54) is 0 Å². The molecule has 0 aromatic rings. The summed E-state index contributed by atoms with van der Waals surface area (Å²) in [6.07, 6.45) is 47.7. The summed E-state index contributed by atoms with van der Waals surface area (Å²) in [6.45, 7) is 17.1. The Labute approximate surface area is 391 Å². The van der Waals surface area contributed by atoms with Gasteiger partial charge in [0.25, 0.3) is 0 Å². The van der Waals surface area contributed by atoms with Gasteiger partial charge in [-0.1, -0.05) is 165 Å². The Hall–Kier alpha value is -0.303. The highest BCUT2D eigenvalue weighted by atomic mass is 28.3. The van der Waals surface area contributed by atoms with Gasteiger partial charge in [-0.05, 0) is 220 Å². The van der Waals surface area contributed by atoms with Crippen LogP contribution in [0.4, 0.5) is 0 Å². The van der Waals surface area contributed by atoms with Crippen molar-refractivity contribution in [1.29, 1.82) is 0 Å². The van der Waals surface area contributed by atoms with E-state index in [1.54, 1.807) is 193 Å². The lowest BCUT2D eigenvalue weighted by molar-refractivity contribution is 0.0123. The smallest absolute Gasteiger partial charge is 0.0773 e. The van der Waals surface area contributed by atoms with Crippen molar-refractivity contribution in [2.45, 2.75) is 251 Å². The molecule has 352 valence electrons. The zero-order valence-electron chi connectivity index (χ0n) is 42.4. The second-order valence-corrected chi connectivity index (χ2v) is 32.1. The fourth-order valence-corrected chi connectivity index (χ4v) is 35.2. The van der Waals surface area contributed by atoms with Gasteiger partial charge in [-0.3, -0.25) is 0 Å². The first-order chi connectivity index (χ1) is 30.8. The molecule has 0 saturated heterocycles. The van der Waals surface area contributed by atoms with Crippen LogP contribution in [0.3, 0.4) is 0 Å². The van der Waals surface area contributed by atoms with Crippen molar-refractivity contribution >= 4 is 8.07 Å². The van der Waals surface area contributed by atoms with Crippen molar-refractivity contribution in [2.24, 2.45) is 112 Å². The molecule has 63 heavy (non-hydrogen) atoms. The van der Waals surface area contributed by atoms with Crippen molar-refractivity contribution in [3.8, 4) is 0 Å². The van der Waals surface area contributed by atoms with Gasteiger partial charge in [0.2, 0.25) is 0 Å². The summed E-state index contributed by atoms with van der Waals surface area (Å²) in [5.74, 6) is 19.6. The van der Waals surface area contributed by atoms with Gasteiger partial charge in [0.1, 0.15) is 0 Å². The van der Waals surface area contributed by atoms with Crippen molar-refractivity contribution in [1.82, 2.24) is 0 Å². The van der Waals surface area contributed by atoms with E-state index in [4.69, 9.17) is 0 Å². The first-order valence-corrected chi connectivity index (χ1v) is 32.4. The Morgan fingerprint density at radius 3 is 1.32 bits per heavy atom. The maximum absolute atomic E-state index is 3.00. The highest BCUT2D eigenvalue weighted by Crippen LogP contribution is 2.77. The van der Waals surface area contributed by atoms with Gasteiger partial charge in [0.05, 0.1) is 8.07 Å². The van der Waals surface area contributed by atoms with Gasteiger partial charge in [0.15, 0.2) is 0 Å². The predicted octanol–water partition coefficient (Wildman–Crippen LogP) is 18.4. The molecule has 12 aliphatic carbocycles. The van der Waals surface area contributed by atoms with E-state index in [0.29, 0.717) is 0 Å². The van der Waals surface area contributed by atoms with E-state index >= 15 is 0 Å². The summed E-state index contributed by atoms with van der Waals surface area (Å²) < 4.78 is 0. The summed E-state index contributed by atoms with van der Waals surface area (Å²) in [4.78, 5) is 0. The average molecular weight is 874 g/mol. The van der Waals surface area contributed by atoms with Crippen LogP contribution in [0.1, 0.15) is 234 Å². The second kappa shape index (κ2) is 17.6. The molecule has 12 rings (SSSR count). The van der Waals surface area contributed by atoms with Gasteiger partial charge in [-0.15, -0.1) is 0 Å². The molecule has 0 aromatic heterocycles. The van der Waals surface area contributed by atoms with E-state index in [-0.39, 0.29) is 0 Å². The van der Waals surface area contributed by atoms with Crippen LogP contribution in [0.5, 0.6) is 0 Å². The fraction of sp³-hybridized carbons (Fsp3) is 0.935. The van der Waals surface area contributed by atoms with Crippen molar-refractivity contribution in [3.05, 3.63) is 21.9 Å².